The van der Waals surface area contributed by atoms with E-state index in [1.54, 1.807) is 4.90 Å². The first kappa shape index (κ1) is 16.2. The van der Waals surface area contributed by atoms with Crippen molar-refractivity contribution in [2.24, 2.45) is 5.92 Å². The van der Waals surface area contributed by atoms with Crippen molar-refractivity contribution in [2.75, 3.05) is 4.90 Å². The van der Waals surface area contributed by atoms with Gasteiger partial charge in [0.05, 0.1) is 11.6 Å². The number of rotatable bonds is 0. The molecule has 2 unspecified atom stereocenters. The monoisotopic (exact) mass is 377 g/mol. The number of fused-ring (bicyclic) bond motifs is 3. The maximum atomic E-state index is 12.7. The van der Waals surface area contributed by atoms with Gasteiger partial charge in [0.1, 0.15) is 11.4 Å². The van der Waals surface area contributed by atoms with Crippen LogP contribution < -0.4 is 4.90 Å². The third-order valence-electron chi connectivity index (χ3n) is 4.12. The number of halogens is 1. The summed E-state index contributed by atoms with van der Waals surface area (Å²) in [7, 11) is 0. The first-order valence-electron chi connectivity index (χ1n) is 7.75. The fourth-order valence-electron chi connectivity index (χ4n) is 3.11. The summed E-state index contributed by atoms with van der Waals surface area (Å²) in [5.74, 6) is -0.249. The first-order valence-corrected chi connectivity index (χ1v) is 8.54. The van der Waals surface area contributed by atoms with Gasteiger partial charge >= 0.3 is 6.09 Å². The fraction of sp³-hybridized carbons (Fsp3) is 0.444. The number of hydrogen-bond acceptors (Lipinski definition) is 3. The Morgan fingerprint density at radius 1 is 1.35 bits per heavy atom. The summed E-state index contributed by atoms with van der Waals surface area (Å²) in [5, 5.41) is 0. The summed E-state index contributed by atoms with van der Waals surface area (Å²) < 4.78 is 6.44. The van der Waals surface area contributed by atoms with E-state index in [1.807, 2.05) is 52.0 Å². The van der Waals surface area contributed by atoms with Gasteiger partial charge in [-0.3, -0.25) is 4.79 Å². The Bertz CT molecular complexity index is 717. The first-order chi connectivity index (χ1) is 10.7. The Kier molecular flexibility index (Phi) is 3.87. The molecule has 1 aliphatic carbocycles. The van der Waals surface area contributed by atoms with E-state index in [1.165, 1.54) is 0 Å². The van der Waals surface area contributed by atoms with E-state index >= 15 is 0 Å². The second kappa shape index (κ2) is 5.48. The van der Waals surface area contributed by atoms with Crippen LogP contribution in [0.3, 0.4) is 0 Å². The number of Topliss-reactive ketones (excluding diaryl/α,β-unsaturated/α-hetero) is 1. The van der Waals surface area contributed by atoms with E-state index in [0.29, 0.717) is 6.42 Å². The average molecular weight is 378 g/mol. The Morgan fingerprint density at radius 2 is 2.04 bits per heavy atom. The predicted molar refractivity (Wildman–Crippen MR) is 92.5 cm³/mol. The topological polar surface area (TPSA) is 46.6 Å². The zero-order chi connectivity index (χ0) is 16.9. The molecule has 2 aliphatic rings. The van der Waals surface area contributed by atoms with Crippen molar-refractivity contribution in [3.63, 3.8) is 0 Å². The summed E-state index contributed by atoms with van der Waals surface area (Å²) in [6, 6.07) is 5.66. The Morgan fingerprint density at radius 3 is 2.70 bits per heavy atom. The van der Waals surface area contributed by atoms with Crippen LogP contribution >= 0.6 is 15.9 Å². The Hall–Kier alpha value is -1.62. The summed E-state index contributed by atoms with van der Waals surface area (Å²) in [4.78, 5) is 26.9. The normalized spacial score (nSPS) is 23.3. The molecular formula is C18H20BrNO3. The predicted octanol–water partition coefficient (Wildman–Crippen LogP) is 4.78. The molecule has 4 nitrogen and oxygen atoms in total. The van der Waals surface area contributed by atoms with Crippen molar-refractivity contribution in [1.29, 1.82) is 0 Å². The number of benzene rings is 1. The molecular weight excluding hydrogens is 358 g/mol. The summed E-state index contributed by atoms with van der Waals surface area (Å²) >= 11 is 3.46. The van der Waals surface area contributed by atoms with Gasteiger partial charge in [0.15, 0.2) is 0 Å². The number of nitrogens with zero attached hydrogens (tertiary/aromatic N) is 1. The number of ketones is 1. The number of anilines is 1. The lowest BCUT2D eigenvalue weighted by Crippen LogP contribution is -2.37. The number of carbonyl (C=O) groups excluding carboxylic acids is 2. The van der Waals surface area contributed by atoms with E-state index in [2.05, 4.69) is 15.9 Å². The molecule has 0 spiro atoms. The van der Waals surface area contributed by atoms with Crippen LogP contribution in [0.15, 0.2) is 34.4 Å². The van der Waals surface area contributed by atoms with Crippen LogP contribution in [-0.2, 0) is 9.53 Å². The number of allylic oxidation sites excluding steroid dienone is 2. The summed E-state index contributed by atoms with van der Waals surface area (Å²) in [5.41, 5.74) is 1.75. The van der Waals surface area contributed by atoms with Crippen LogP contribution in [0.5, 0.6) is 0 Å². The smallest absolute Gasteiger partial charge is 0.419 e. The highest BCUT2D eigenvalue weighted by Crippen LogP contribution is 2.49. The highest BCUT2D eigenvalue weighted by atomic mass is 79.9. The lowest BCUT2D eigenvalue weighted by atomic mass is 9.81. The van der Waals surface area contributed by atoms with Gasteiger partial charge in [0.25, 0.3) is 0 Å². The van der Waals surface area contributed by atoms with Gasteiger partial charge in [-0.05, 0) is 51.0 Å². The van der Waals surface area contributed by atoms with Crippen LogP contribution in [0.25, 0.3) is 0 Å². The molecule has 1 aromatic rings. The molecule has 0 radical (unpaired) electrons. The molecule has 5 heteroatoms. The highest BCUT2D eigenvalue weighted by molar-refractivity contribution is 9.10. The maximum Gasteiger partial charge on any atom is 0.419 e. The molecule has 0 bridgehead atoms. The average Bonchev–Trinajstić information content (AvgIpc) is 2.75. The van der Waals surface area contributed by atoms with E-state index in [9.17, 15) is 9.59 Å². The largest absolute Gasteiger partial charge is 0.443 e. The van der Waals surface area contributed by atoms with E-state index < -0.39 is 11.7 Å². The number of ether oxygens (including phenoxy) is 1. The third kappa shape index (κ3) is 2.82. The molecule has 1 aliphatic heterocycles. The molecule has 0 saturated carbocycles. The van der Waals surface area contributed by atoms with Crippen LogP contribution in [0.2, 0.25) is 0 Å². The standard InChI is InChI=1S/C18H20BrNO3/c1-10-5-7-14-15(16(10)21)12-9-11(19)6-8-13(12)20(14)17(22)23-18(2,3)4/h6-10,15H,5H2,1-4H3. The second-order valence-corrected chi connectivity index (χ2v) is 8.04. The highest BCUT2D eigenvalue weighted by Gasteiger charge is 2.45. The minimum atomic E-state index is -0.586. The third-order valence-corrected chi connectivity index (χ3v) is 4.62. The van der Waals surface area contributed by atoms with E-state index in [0.717, 1.165) is 21.4 Å². The number of hydrogen-bond donors (Lipinski definition) is 0. The van der Waals surface area contributed by atoms with Crippen LogP contribution in [-0.4, -0.2) is 17.5 Å². The molecule has 2 atom stereocenters. The second-order valence-electron chi connectivity index (χ2n) is 7.12. The SMILES string of the molecule is CC1CC=C2C(C1=O)c1cc(Br)ccc1N2C(=O)OC(C)(C)C. The molecule has 23 heavy (non-hydrogen) atoms. The van der Waals surface area contributed by atoms with Gasteiger partial charge in [0, 0.05) is 16.1 Å². The van der Waals surface area contributed by atoms with Crippen LogP contribution in [0.4, 0.5) is 10.5 Å². The van der Waals surface area contributed by atoms with Gasteiger partial charge in [-0.1, -0.05) is 28.9 Å². The quantitative estimate of drug-likeness (QED) is 0.653. The molecule has 0 aromatic heterocycles. The van der Waals surface area contributed by atoms with Gasteiger partial charge in [0.2, 0.25) is 0 Å². The minimum Gasteiger partial charge on any atom is -0.443 e. The maximum absolute atomic E-state index is 12.7. The lowest BCUT2D eigenvalue weighted by molar-refractivity contribution is -0.123. The zero-order valence-corrected chi connectivity index (χ0v) is 15.3. The zero-order valence-electron chi connectivity index (χ0n) is 13.7. The van der Waals surface area contributed by atoms with E-state index in [-0.39, 0.29) is 17.6 Å². The summed E-state index contributed by atoms with van der Waals surface area (Å²) in [6.07, 6.45) is 2.21. The van der Waals surface area contributed by atoms with Crippen LogP contribution in [0, 0.1) is 5.92 Å². The Labute approximate surface area is 144 Å². The molecule has 0 N–H and O–H groups in total. The molecule has 3 rings (SSSR count). The molecule has 0 fully saturated rings. The van der Waals surface area contributed by atoms with Crippen LogP contribution in [0.1, 0.15) is 45.6 Å². The summed E-state index contributed by atoms with van der Waals surface area (Å²) in [6.45, 7) is 7.44. The van der Waals surface area contributed by atoms with Crippen molar-refractivity contribution in [1.82, 2.24) is 0 Å². The lowest BCUT2D eigenvalue weighted by Gasteiger charge is -2.28. The minimum absolute atomic E-state index is 0.0332. The van der Waals surface area contributed by atoms with Gasteiger partial charge < -0.3 is 4.74 Å². The Balaban J connectivity index is 2.10. The molecule has 1 aromatic carbocycles. The van der Waals surface area contributed by atoms with Crippen molar-refractivity contribution >= 4 is 33.5 Å². The van der Waals surface area contributed by atoms with Crippen molar-refractivity contribution in [3.05, 3.63) is 40.0 Å². The molecule has 1 heterocycles. The fourth-order valence-corrected chi connectivity index (χ4v) is 3.48. The van der Waals surface area contributed by atoms with Gasteiger partial charge in [-0.15, -0.1) is 0 Å². The van der Waals surface area contributed by atoms with Crippen molar-refractivity contribution < 1.29 is 14.3 Å². The van der Waals surface area contributed by atoms with Gasteiger partial charge in [-0.25, -0.2) is 9.69 Å². The van der Waals surface area contributed by atoms with E-state index in [4.69, 9.17) is 4.74 Å². The molecule has 1 amide bonds. The molecule has 122 valence electrons. The van der Waals surface area contributed by atoms with Gasteiger partial charge in [-0.2, -0.15) is 0 Å². The molecule has 0 saturated heterocycles. The number of carbonyl (C=O) groups is 2. The number of amides is 1. The van der Waals surface area contributed by atoms with Crippen molar-refractivity contribution in [2.45, 2.75) is 45.6 Å². The van der Waals surface area contributed by atoms with Crippen molar-refractivity contribution in [3.8, 4) is 0 Å².